The molecule has 0 aromatic carbocycles. The van der Waals surface area contributed by atoms with Crippen molar-refractivity contribution in [1.29, 1.82) is 0 Å². The molecule has 0 spiro atoms. The van der Waals surface area contributed by atoms with Gasteiger partial charge in [-0.05, 0) is 6.72 Å². The maximum atomic E-state index is 10.5. The molecule has 0 heterocycles. The summed E-state index contributed by atoms with van der Waals surface area (Å²) in [7, 11) is 0. The van der Waals surface area contributed by atoms with Gasteiger partial charge in [-0.15, -0.1) is 5.57 Å². The first-order valence-corrected chi connectivity index (χ1v) is 3.80. The summed E-state index contributed by atoms with van der Waals surface area (Å²) in [5.74, 6) is 0.716. The number of hydrogen-bond acceptors (Lipinski definition) is 3. The van der Waals surface area contributed by atoms with Crippen LogP contribution in [0, 0.1) is 16.0 Å². The van der Waals surface area contributed by atoms with E-state index in [1.54, 1.807) is 13.8 Å². The predicted octanol–water partition coefficient (Wildman–Crippen LogP) is 2.54. The topological polar surface area (TPSA) is 55.5 Å². The van der Waals surface area contributed by atoms with E-state index in [0.29, 0.717) is 5.92 Å². The second-order valence-corrected chi connectivity index (χ2v) is 2.89. The number of halogens is 1. The summed E-state index contributed by atoms with van der Waals surface area (Å²) < 4.78 is 0. The summed E-state index contributed by atoms with van der Waals surface area (Å²) in [5.41, 5.74) is -0.0286. The number of rotatable bonds is 4. The second-order valence-electron chi connectivity index (χ2n) is 2.53. The van der Waals surface area contributed by atoms with Gasteiger partial charge in [0.25, 0.3) is 0 Å². The zero-order valence-electron chi connectivity index (χ0n) is 8.21. The van der Waals surface area contributed by atoms with E-state index in [1.807, 2.05) is 0 Å². The Kier molecular flexibility index (Phi) is 7.60. The van der Waals surface area contributed by atoms with Gasteiger partial charge < -0.3 is 0 Å². The van der Waals surface area contributed by atoms with Gasteiger partial charge in [0.2, 0.25) is 5.70 Å². The van der Waals surface area contributed by atoms with Gasteiger partial charge in [0.1, 0.15) is 5.16 Å². The van der Waals surface area contributed by atoms with Crippen LogP contribution in [-0.2, 0) is 19.5 Å². The Balaban J connectivity index is 0. The van der Waals surface area contributed by atoms with Crippen molar-refractivity contribution in [3.8, 4) is 0 Å². The van der Waals surface area contributed by atoms with Gasteiger partial charge >= 0.3 is 0 Å². The van der Waals surface area contributed by atoms with Crippen molar-refractivity contribution < 1.29 is 24.4 Å². The molecule has 0 fully saturated rings. The van der Waals surface area contributed by atoms with Crippen molar-refractivity contribution in [2.24, 2.45) is 4.99 Å². The third-order valence-electron chi connectivity index (χ3n) is 1.41. The first-order chi connectivity index (χ1) is 5.91. The third kappa shape index (κ3) is 4.03. The Labute approximate surface area is 101 Å². The van der Waals surface area contributed by atoms with Crippen LogP contribution in [0.2, 0.25) is 0 Å². The van der Waals surface area contributed by atoms with Gasteiger partial charge in [-0.3, -0.25) is 15.1 Å². The standard InChI is InChI=1S/C8H10ClN2O2.Zn/c1-5(2)6(3)7(11(12)13)8(9)10-4;/h3-4H2,1-2H3;/q-1;/b8-7+;. The molecule has 0 radical (unpaired) electrons. The summed E-state index contributed by atoms with van der Waals surface area (Å²) in [6.07, 6.45) is 0. The van der Waals surface area contributed by atoms with Crippen molar-refractivity contribution >= 4 is 18.3 Å². The quantitative estimate of drug-likeness (QED) is 0.149. The fourth-order valence-corrected chi connectivity index (χ4v) is 0.805. The minimum absolute atomic E-state index is 0. The zero-order valence-corrected chi connectivity index (χ0v) is 11.9. The SMILES string of the molecule is C=N/C(Cl)=C(\C(=C)[C-](C)C)[N+](=O)[O-].[Zn]. The number of hydrogen-bond donors (Lipinski definition) is 0. The third-order valence-corrected chi connectivity index (χ3v) is 1.70. The van der Waals surface area contributed by atoms with E-state index in [-0.39, 0.29) is 35.9 Å². The van der Waals surface area contributed by atoms with Crippen LogP contribution < -0.4 is 0 Å². The monoisotopic (exact) mass is 265 g/mol. The van der Waals surface area contributed by atoms with Crippen molar-refractivity contribution in [3.05, 3.63) is 39.0 Å². The molecule has 4 nitrogen and oxygen atoms in total. The first-order valence-electron chi connectivity index (χ1n) is 3.42. The molecule has 0 saturated heterocycles. The van der Waals surface area contributed by atoms with E-state index in [9.17, 15) is 10.1 Å². The average molecular weight is 267 g/mol. The van der Waals surface area contributed by atoms with E-state index < -0.39 is 4.92 Å². The van der Waals surface area contributed by atoms with Crippen LogP contribution in [0.3, 0.4) is 0 Å². The van der Waals surface area contributed by atoms with Gasteiger partial charge in [-0.25, -0.2) is 0 Å². The van der Waals surface area contributed by atoms with E-state index in [1.165, 1.54) is 0 Å². The molecule has 0 unspecified atom stereocenters. The molecule has 0 aliphatic heterocycles. The van der Waals surface area contributed by atoms with E-state index in [4.69, 9.17) is 11.6 Å². The maximum Gasteiger partial charge on any atom is 0.206 e. The Morgan fingerprint density at radius 3 is 2.21 bits per heavy atom. The molecule has 0 rings (SSSR count). The van der Waals surface area contributed by atoms with Crippen LogP contribution in [0.1, 0.15) is 13.8 Å². The Morgan fingerprint density at radius 2 is 2.00 bits per heavy atom. The first kappa shape index (κ1) is 15.8. The fraction of sp³-hybridized carbons (Fsp3) is 0.250. The van der Waals surface area contributed by atoms with Crippen molar-refractivity contribution in [3.63, 3.8) is 0 Å². The number of nitro groups is 1. The molecule has 0 amide bonds. The van der Waals surface area contributed by atoms with Gasteiger partial charge in [-0.1, -0.05) is 25.4 Å². The van der Waals surface area contributed by atoms with Crippen molar-refractivity contribution in [2.75, 3.05) is 0 Å². The second kappa shape index (κ2) is 6.74. The Bertz CT molecular complexity index is 287. The number of nitrogens with zero attached hydrogens (tertiary/aromatic N) is 2. The zero-order chi connectivity index (χ0) is 10.6. The molecule has 14 heavy (non-hydrogen) atoms. The Hall–Kier alpha value is -0.667. The Morgan fingerprint density at radius 1 is 1.57 bits per heavy atom. The molecule has 6 heteroatoms. The summed E-state index contributed by atoms with van der Waals surface area (Å²) >= 11 is 5.50. The minimum Gasteiger partial charge on any atom is -0.270 e. The normalized spacial score (nSPS) is 10.8. The molecule has 0 N–H and O–H groups in total. The van der Waals surface area contributed by atoms with Crippen LogP contribution >= 0.6 is 11.6 Å². The van der Waals surface area contributed by atoms with Crippen molar-refractivity contribution in [2.45, 2.75) is 13.8 Å². The van der Waals surface area contributed by atoms with Crippen LogP contribution in [-0.4, -0.2) is 11.6 Å². The summed E-state index contributed by atoms with van der Waals surface area (Å²) in [6, 6.07) is 0. The van der Waals surface area contributed by atoms with Crippen LogP contribution in [0.25, 0.3) is 0 Å². The largest absolute Gasteiger partial charge is 0.270 e. The smallest absolute Gasteiger partial charge is 0.206 e. The molecule has 0 saturated carbocycles. The molecule has 0 bridgehead atoms. The van der Waals surface area contributed by atoms with Gasteiger partial charge in [-0.2, -0.15) is 12.5 Å². The van der Waals surface area contributed by atoms with E-state index in [0.717, 1.165) is 0 Å². The van der Waals surface area contributed by atoms with E-state index in [2.05, 4.69) is 18.3 Å². The van der Waals surface area contributed by atoms with Crippen LogP contribution in [0.4, 0.5) is 0 Å². The summed E-state index contributed by atoms with van der Waals surface area (Å²) in [4.78, 5) is 13.2. The number of aliphatic imine (C=N–C) groups is 1. The summed E-state index contributed by atoms with van der Waals surface area (Å²) in [6.45, 7) is 10.1. The maximum absolute atomic E-state index is 10.5. The molecular formula is C8H10ClN2O2Zn-. The van der Waals surface area contributed by atoms with Crippen molar-refractivity contribution in [1.82, 2.24) is 0 Å². The number of allylic oxidation sites excluding steroid dienone is 1. The van der Waals surface area contributed by atoms with Crippen LogP contribution in [0.5, 0.6) is 0 Å². The minimum atomic E-state index is -0.619. The molecule has 74 valence electrons. The average Bonchev–Trinajstić information content (AvgIpc) is 2.03. The van der Waals surface area contributed by atoms with E-state index >= 15 is 0 Å². The molecule has 0 aromatic heterocycles. The molecule has 0 aliphatic carbocycles. The van der Waals surface area contributed by atoms with Gasteiger partial charge in [0.05, 0.1) is 0 Å². The van der Waals surface area contributed by atoms with Gasteiger partial charge in [0.15, 0.2) is 0 Å². The fourth-order valence-electron chi connectivity index (χ4n) is 0.622. The molecule has 0 atom stereocenters. The predicted molar refractivity (Wildman–Crippen MR) is 53.2 cm³/mol. The molecular weight excluding hydrogens is 257 g/mol. The van der Waals surface area contributed by atoms with Gasteiger partial charge in [0, 0.05) is 24.4 Å². The molecule has 0 aromatic rings. The van der Waals surface area contributed by atoms with Crippen LogP contribution in [0.15, 0.2) is 28.0 Å². The molecule has 0 aliphatic rings. The summed E-state index contributed by atoms with van der Waals surface area (Å²) in [5, 5.41) is 10.3.